The molecule has 2 nitrogen and oxygen atoms in total. The fraction of sp³-hybridized carbons (Fsp3) is 0.857. The lowest BCUT2D eigenvalue weighted by Crippen LogP contribution is -2.73. The van der Waals surface area contributed by atoms with Crippen LogP contribution in [-0.2, 0) is 9.59 Å². The number of hydrogen-bond acceptors (Lipinski definition) is 2. The van der Waals surface area contributed by atoms with Crippen LogP contribution in [0, 0.1) is 5.92 Å². The van der Waals surface area contributed by atoms with Crippen molar-refractivity contribution in [2.75, 3.05) is 0 Å². The number of carbonyl (C=O) groups is 2. The van der Waals surface area contributed by atoms with Crippen molar-refractivity contribution in [3.8, 4) is 0 Å². The van der Waals surface area contributed by atoms with Gasteiger partial charge in [0, 0.05) is 6.42 Å². The maximum absolute atomic E-state index is 13.8. The number of hydrogen-bond donors (Lipinski definition) is 0. The Labute approximate surface area is 161 Å². The van der Waals surface area contributed by atoms with E-state index in [0.29, 0.717) is 0 Å². The molecule has 0 heterocycles. The number of ketones is 2. The largest absolute Gasteiger partial charge is 0.460 e. The maximum Gasteiger partial charge on any atom is 0.460 e. The molecule has 0 aromatic rings. The van der Waals surface area contributed by atoms with Gasteiger partial charge in [-0.15, -0.1) is 0 Å². The summed E-state index contributed by atoms with van der Waals surface area (Å²) in [6.07, 6.45) is -9.66. The van der Waals surface area contributed by atoms with Gasteiger partial charge in [0.15, 0.2) is 0 Å². The summed E-state index contributed by atoms with van der Waals surface area (Å²) in [7, 11) is 0. The van der Waals surface area contributed by atoms with Crippen LogP contribution < -0.4 is 0 Å². The fourth-order valence-corrected chi connectivity index (χ4v) is 2.60. The molecular weight excluding hydrogens is 485 g/mol. The predicted octanol–water partition coefficient (Wildman–Crippen LogP) is 5.69. The highest BCUT2D eigenvalue weighted by molar-refractivity contribution is 6.06. The van der Waals surface area contributed by atoms with Crippen LogP contribution in [0.5, 0.6) is 0 Å². The third-order valence-corrected chi connectivity index (χ3v) is 4.51. The average molecular weight is 494 g/mol. The molecular formula is C14H9F15O2. The second-order valence-corrected chi connectivity index (χ2v) is 6.57. The van der Waals surface area contributed by atoms with E-state index in [4.69, 9.17) is 0 Å². The summed E-state index contributed by atoms with van der Waals surface area (Å²) in [5.41, 5.74) is 0. The Morgan fingerprint density at radius 3 is 1.39 bits per heavy atom. The first-order valence-electron chi connectivity index (χ1n) is 7.83. The lowest BCUT2D eigenvalue weighted by molar-refractivity contribution is -0.449. The summed E-state index contributed by atoms with van der Waals surface area (Å²) >= 11 is 0. The molecule has 1 aliphatic carbocycles. The molecule has 0 saturated heterocycles. The summed E-state index contributed by atoms with van der Waals surface area (Å²) in [6, 6.07) is 0. The molecule has 1 unspecified atom stereocenters. The minimum atomic E-state index is -8.46. The number of rotatable bonds is 7. The van der Waals surface area contributed by atoms with E-state index in [0.717, 1.165) is 0 Å². The first kappa shape index (κ1) is 27.3. The summed E-state index contributed by atoms with van der Waals surface area (Å²) in [4.78, 5) is 22.9. The van der Waals surface area contributed by atoms with Crippen molar-refractivity contribution >= 4 is 11.6 Å². The smallest absolute Gasteiger partial charge is 0.299 e. The Morgan fingerprint density at radius 2 is 1.00 bits per heavy atom. The minimum Gasteiger partial charge on any atom is -0.299 e. The van der Waals surface area contributed by atoms with E-state index in [1.165, 1.54) is 0 Å². The molecule has 0 radical (unpaired) electrons. The molecule has 0 N–H and O–H groups in total. The normalized spacial score (nSPS) is 20.7. The van der Waals surface area contributed by atoms with Crippen LogP contribution in [-0.4, -0.2) is 53.3 Å². The standard InChI is InChI=1S/C14H9F15O2/c15-8(16,7(31)5-3-1-2-4-6(5)30)9(17,18)10(19,20)11(21,22)12(23,24)13(25,26)14(27,28)29/h5H,1-4H2. The highest BCUT2D eigenvalue weighted by atomic mass is 19.4. The average Bonchev–Trinajstić information content (AvgIpc) is 2.59. The van der Waals surface area contributed by atoms with Gasteiger partial charge in [-0.3, -0.25) is 9.59 Å². The van der Waals surface area contributed by atoms with Gasteiger partial charge in [-0.1, -0.05) is 6.42 Å². The Balaban J connectivity index is 3.54. The van der Waals surface area contributed by atoms with Crippen molar-refractivity contribution in [1.82, 2.24) is 0 Å². The number of Topliss-reactive ketones (excluding diaryl/α,β-unsaturated/α-hetero) is 2. The molecule has 1 aliphatic rings. The van der Waals surface area contributed by atoms with Gasteiger partial charge in [-0.25, -0.2) is 0 Å². The van der Waals surface area contributed by atoms with Gasteiger partial charge >= 0.3 is 41.7 Å². The van der Waals surface area contributed by atoms with Gasteiger partial charge < -0.3 is 0 Å². The Hall–Kier alpha value is -1.71. The van der Waals surface area contributed by atoms with Crippen LogP contribution in [0.4, 0.5) is 65.9 Å². The van der Waals surface area contributed by atoms with Gasteiger partial charge in [0.05, 0.1) is 5.92 Å². The minimum absolute atomic E-state index is 0.0580. The quantitative estimate of drug-likeness (QED) is 0.337. The van der Waals surface area contributed by atoms with Crippen molar-refractivity contribution in [2.24, 2.45) is 5.92 Å². The van der Waals surface area contributed by atoms with Gasteiger partial charge in [0.2, 0.25) is 5.78 Å². The molecule has 0 aromatic carbocycles. The van der Waals surface area contributed by atoms with E-state index in [1.54, 1.807) is 0 Å². The highest BCUT2D eigenvalue weighted by Gasteiger charge is 2.94. The lowest BCUT2D eigenvalue weighted by atomic mass is 9.80. The van der Waals surface area contributed by atoms with E-state index in [2.05, 4.69) is 0 Å². The van der Waals surface area contributed by atoms with Gasteiger partial charge in [-0.05, 0) is 12.8 Å². The predicted molar refractivity (Wildman–Crippen MR) is 67.7 cm³/mol. The van der Waals surface area contributed by atoms with Gasteiger partial charge in [0.25, 0.3) is 0 Å². The van der Waals surface area contributed by atoms with E-state index >= 15 is 0 Å². The Kier molecular flexibility index (Phi) is 6.54. The highest BCUT2D eigenvalue weighted by Crippen LogP contribution is 2.62. The second kappa shape index (κ2) is 7.42. The SMILES string of the molecule is O=C1CCCCC1C(=O)C(F)(F)C(F)(F)C(F)(F)C(F)(F)C(F)(F)C(F)(F)C(F)(F)F. The first-order valence-corrected chi connectivity index (χ1v) is 7.83. The summed E-state index contributed by atoms with van der Waals surface area (Å²) in [5.74, 6) is -55.8. The molecule has 31 heavy (non-hydrogen) atoms. The molecule has 0 spiro atoms. The molecule has 1 fully saturated rings. The zero-order valence-electron chi connectivity index (χ0n) is 14.4. The Morgan fingerprint density at radius 1 is 0.613 bits per heavy atom. The molecule has 17 heteroatoms. The zero-order chi connectivity index (χ0) is 25.1. The van der Waals surface area contributed by atoms with Crippen molar-refractivity contribution in [3.05, 3.63) is 0 Å². The number of alkyl halides is 15. The van der Waals surface area contributed by atoms with Crippen molar-refractivity contribution < 1.29 is 75.4 Å². The summed E-state index contributed by atoms with van der Waals surface area (Å²) < 4.78 is 196. The summed E-state index contributed by atoms with van der Waals surface area (Å²) in [5, 5.41) is 0. The van der Waals surface area contributed by atoms with Gasteiger partial charge in [0.1, 0.15) is 5.78 Å². The molecule has 0 amide bonds. The lowest BCUT2D eigenvalue weighted by Gasteiger charge is -2.41. The van der Waals surface area contributed by atoms with Crippen LogP contribution in [0.25, 0.3) is 0 Å². The molecule has 0 bridgehead atoms. The third kappa shape index (κ3) is 3.64. The van der Waals surface area contributed by atoms with Crippen LogP contribution in [0.3, 0.4) is 0 Å². The third-order valence-electron chi connectivity index (χ3n) is 4.51. The van der Waals surface area contributed by atoms with Crippen LogP contribution in [0.2, 0.25) is 0 Å². The van der Waals surface area contributed by atoms with Crippen molar-refractivity contribution in [1.29, 1.82) is 0 Å². The first-order chi connectivity index (χ1) is 13.4. The summed E-state index contributed by atoms with van der Waals surface area (Å²) in [6.45, 7) is 0. The topological polar surface area (TPSA) is 34.1 Å². The fourth-order valence-electron chi connectivity index (χ4n) is 2.60. The maximum atomic E-state index is 13.8. The number of halogens is 15. The van der Waals surface area contributed by atoms with Crippen molar-refractivity contribution in [3.63, 3.8) is 0 Å². The van der Waals surface area contributed by atoms with E-state index in [9.17, 15) is 75.4 Å². The Bertz CT molecular complexity index is 722. The molecule has 1 atom stereocenters. The zero-order valence-corrected chi connectivity index (χ0v) is 14.4. The van der Waals surface area contributed by atoms with E-state index < -0.39 is 72.0 Å². The van der Waals surface area contributed by atoms with Crippen LogP contribution >= 0.6 is 0 Å². The van der Waals surface area contributed by atoms with Crippen LogP contribution in [0.1, 0.15) is 25.7 Å². The molecule has 0 aromatic heterocycles. The monoisotopic (exact) mass is 494 g/mol. The molecule has 1 saturated carbocycles. The van der Waals surface area contributed by atoms with E-state index in [1.807, 2.05) is 0 Å². The second-order valence-electron chi connectivity index (χ2n) is 6.57. The van der Waals surface area contributed by atoms with Gasteiger partial charge in [-0.2, -0.15) is 65.9 Å². The van der Waals surface area contributed by atoms with E-state index in [-0.39, 0.29) is 12.8 Å². The molecule has 182 valence electrons. The molecule has 1 rings (SSSR count). The number of carbonyl (C=O) groups excluding carboxylic acids is 2. The van der Waals surface area contributed by atoms with Crippen LogP contribution in [0.15, 0.2) is 0 Å². The molecule has 0 aliphatic heterocycles. The van der Waals surface area contributed by atoms with Crippen molar-refractivity contribution in [2.45, 2.75) is 67.4 Å².